The van der Waals surface area contributed by atoms with Crippen LogP contribution in [0, 0.1) is 5.41 Å². The molecule has 4 heteroatoms. The van der Waals surface area contributed by atoms with Crippen LogP contribution < -0.4 is 0 Å². The minimum Gasteiger partial charge on any atom is -0.393 e. The van der Waals surface area contributed by atoms with Crippen molar-refractivity contribution >= 4 is 11.8 Å². The number of carbonyl (C=O) groups excluding carboxylic acids is 2. The summed E-state index contributed by atoms with van der Waals surface area (Å²) in [6.07, 6.45) is 0.815. The van der Waals surface area contributed by atoms with Gasteiger partial charge in [-0.1, -0.05) is 13.8 Å². The zero-order chi connectivity index (χ0) is 11.6. The van der Waals surface area contributed by atoms with Crippen LogP contribution >= 0.6 is 0 Å². The second-order valence-corrected chi connectivity index (χ2v) is 5.09. The molecule has 15 heavy (non-hydrogen) atoms. The van der Waals surface area contributed by atoms with Gasteiger partial charge in [0.05, 0.1) is 6.10 Å². The summed E-state index contributed by atoms with van der Waals surface area (Å²) in [7, 11) is 0. The maximum atomic E-state index is 11.7. The molecule has 1 fully saturated rings. The monoisotopic (exact) mass is 213 g/mol. The van der Waals surface area contributed by atoms with E-state index in [2.05, 4.69) is 0 Å². The topological polar surface area (TPSA) is 57.6 Å². The van der Waals surface area contributed by atoms with E-state index >= 15 is 0 Å². The summed E-state index contributed by atoms with van der Waals surface area (Å²) < 4.78 is 0. The Hall–Kier alpha value is -0.900. The van der Waals surface area contributed by atoms with E-state index in [4.69, 9.17) is 5.11 Å². The third-order valence-corrected chi connectivity index (χ3v) is 2.63. The number of hydrogen-bond acceptors (Lipinski definition) is 3. The smallest absolute Gasteiger partial charge is 0.229 e. The molecule has 0 radical (unpaired) electrons. The molecule has 0 spiro atoms. The molecule has 0 bridgehead atoms. The lowest BCUT2D eigenvalue weighted by Gasteiger charge is -2.34. The number of carbonyl (C=O) groups is 2. The van der Waals surface area contributed by atoms with Crippen molar-refractivity contribution < 1.29 is 14.7 Å². The van der Waals surface area contributed by atoms with Crippen molar-refractivity contribution in [3.8, 4) is 0 Å². The highest BCUT2D eigenvalue weighted by Gasteiger charge is 2.36. The van der Waals surface area contributed by atoms with Gasteiger partial charge < -0.3 is 5.11 Å². The van der Waals surface area contributed by atoms with E-state index in [9.17, 15) is 9.59 Å². The second-order valence-electron chi connectivity index (χ2n) is 5.09. The Bertz CT molecular complexity index is 251. The molecule has 1 rings (SSSR count). The maximum absolute atomic E-state index is 11.7. The molecule has 2 amide bonds. The van der Waals surface area contributed by atoms with Gasteiger partial charge in [-0.05, 0) is 18.8 Å². The molecule has 0 saturated carbocycles. The Labute approximate surface area is 90.3 Å². The van der Waals surface area contributed by atoms with Gasteiger partial charge in [-0.3, -0.25) is 14.5 Å². The van der Waals surface area contributed by atoms with Crippen molar-refractivity contribution in [1.82, 2.24) is 4.90 Å². The molecule has 86 valence electrons. The van der Waals surface area contributed by atoms with Gasteiger partial charge in [-0.25, -0.2) is 0 Å². The first-order chi connectivity index (χ1) is 6.82. The predicted octanol–water partition coefficient (Wildman–Crippen LogP) is 0.932. The lowest BCUT2D eigenvalue weighted by atomic mass is 9.81. The van der Waals surface area contributed by atoms with Gasteiger partial charge in [-0.2, -0.15) is 0 Å². The Morgan fingerprint density at radius 1 is 1.33 bits per heavy atom. The van der Waals surface area contributed by atoms with Crippen LogP contribution in [0.3, 0.4) is 0 Å². The fraction of sp³-hybridized carbons (Fsp3) is 0.818. The van der Waals surface area contributed by atoms with Gasteiger partial charge in [0.2, 0.25) is 11.8 Å². The van der Waals surface area contributed by atoms with Crippen LogP contribution in [0.4, 0.5) is 0 Å². The standard InChI is InChI=1S/C11H19NO3/c1-8(13)4-5-12-9(14)6-11(2,3)7-10(12)15/h8,13H,4-7H2,1-3H3. The van der Waals surface area contributed by atoms with E-state index in [1.165, 1.54) is 4.90 Å². The number of rotatable bonds is 3. The molecular weight excluding hydrogens is 194 g/mol. The third kappa shape index (κ3) is 3.30. The van der Waals surface area contributed by atoms with Gasteiger partial charge in [0.25, 0.3) is 0 Å². The fourth-order valence-electron chi connectivity index (χ4n) is 1.78. The molecule has 1 atom stereocenters. The maximum Gasteiger partial charge on any atom is 0.229 e. The van der Waals surface area contributed by atoms with E-state index in [1.807, 2.05) is 13.8 Å². The lowest BCUT2D eigenvalue weighted by molar-refractivity contribution is -0.152. The first kappa shape index (κ1) is 12.2. The first-order valence-corrected chi connectivity index (χ1v) is 5.33. The number of aliphatic hydroxyl groups excluding tert-OH is 1. The summed E-state index contributed by atoms with van der Waals surface area (Å²) >= 11 is 0. The molecule has 0 aromatic rings. The molecule has 1 N–H and O–H groups in total. The van der Waals surface area contributed by atoms with Crippen LogP contribution in [0.2, 0.25) is 0 Å². The van der Waals surface area contributed by atoms with Crippen LogP contribution in [0.5, 0.6) is 0 Å². The van der Waals surface area contributed by atoms with Crippen LogP contribution in [-0.4, -0.2) is 34.5 Å². The molecule has 1 heterocycles. The van der Waals surface area contributed by atoms with Crippen LogP contribution in [0.25, 0.3) is 0 Å². The number of piperidine rings is 1. The highest BCUT2D eigenvalue weighted by atomic mass is 16.3. The zero-order valence-corrected chi connectivity index (χ0v) is 9.62. The molecule has 0 aliphatic carbocycles. The van der Waals surface area contributed by atoms with Crippen LogP contribution in [0.1, 0.15) is 40.0 Å². The quantitative estimate of drug-likeness (QED) is 0.710. The van der Waals surface area contributed by atoms with Crippen molar-refractivity contribution in [1.29, 1.82) is 0 Å². The summed E-state index contributed by atoms with van der Waals surface area (Å²) in [4.78, 5) is 24.6. The third-order valence-electron chi connectivity index (χ3n) is 2.63. The Morgan fingerprint density at radius 3 is 2.20 bits per heavy atom. The van der Waals surface area contributed by atoms with E-state index in [-0.39, 0.29) is 17.2 Å². The van der Waals surface area contributed by atoms with Gasteiger partial charge in [0.1, 0.15) is 0 Å². The predicted molar refractivity (Wildman–Crippen MR) is 56.0 cm³/mol. The zero-order valence-electron chi connectivity index (χ0n) is 9.62. The van der Waals surface area contributed by atoms with Crippen molar-refractivity contribution in [2.45, 2.75) is 46.1 Å². The second kappa shape index (κ2) is 4.31. The number of amides is 2. The molecular formula is C11H19NO3. The molecule has 1 saturated heterocycles. The SMILES string of the molecule is CC(O)CCN1C(=O)CC(C)(C)CC1=O. The van der Waals surface area contributed by atoms with E-state index < -0.39 is 6.10 Å². The lowest BCUT2D eigenvalue weighted by Crippen LogP contribution is -2.46. The number of aliphatic hydroxyl groups is 1. The van der Waals surface area contributed by atoms with Gasteiger partial charge in [0.15, 0.2) is 0 Å². The van der Waals surface area contributed by atoms with Crippen LogP contribution in [-0.2, 0) is 9.59 Å². The molecule has 1 aliphatic rings. The normalized spacial score (nSPS) is 23.1. The van der Waals surface area contributed by atoms with Crippen molar-refractivity contribution in [3.63, 3.8) is 0 Å². The largest absolute Gasteiger partial charge is 0.393 e. The molecule has 4 nitrogen and oxygen atoms in total. The highest BCUT2D eigenvalue weighted by Crippen LogP contribution is 2.31. The molecule has 0 aromatic carbocycles. The number of hydrogen-bond donors (Lipinski definition) is 1. The minimum atomic E-state index is -0.472. The number of likely N-dealkylation sites (tertiary alicyclic amines) is 1. The fourth-order valence-corrected chi connectivity index (χ4v) is 1.78. The van der Waals surface area contributed by atoms with E-state index in [0.29, 0.717) is 25.8 Å². The number of imide groups is 1. The Morgan fingerprint density at radius 2 is 1.80 bits per heavy atom. The Balaban J connectivity index is 2.59. The first-order valence-electron chi connectivity index (χ1n) is 5.33. The average molecular weight is 213 g/mol. The molecule has 0 aromatic heterocycles. The average Bonchev–Trinajstić information content (AvgIpc) is 1.98. The van der Waals surface area contributed by atoms with Crippen molar-refractivity contribution in [2.24, 2.45) is 5.41 Å². The van der Waals surface area contributed by atoms with Gasteiger partial charge >= 0.3 is 0 Å². The van der Waals surface area contributed by atoms with Crippen LogP contribution in [0.15, 0.2) is 0 Å². The van der Waals surface area contributed by atoms with E-state index in [1.54, 1.807) is 6.92 Å². The van der Waals surface area contributed by atoms with Crippen molar-refractivity contribution in [2.75, 3.05) is 6.54 Å². The summed E-state index contributed by atoms with van der Waals surface area (Å²) in [6.45, 7) is 5.85. The summed E-state index contributed by atoms with van der Waals surface area (Å²) in [5, 5.41) is 9.11. The van der Waals surface area contributed by atoms with Crippen molar-refractivity contribution in [3.05, 3.63) is 0 Å². The molecule has 1 aliphatic heterocycles. The highest BCUT2D eigenvalue weighted by molar-refractivity contribution is 5.98. The summed E-state index contributed by atoms with van der Waals surface area (Å²) in [5.41, 5.74) is -0.213. The summed E-state index contributed by atoms with van der Waals surface area (Å²) in [6, 6.07) is 0. The van der Waals surface area contributed by atoms with Gasteiger partial charge in [-0.15, -0.1) is 0 Å². The minimum absolute atomic E-state index is 0.114. The Kier molecular flexibility index (Phi) is 3.50. The number of nitrogens with zero attached hydrogens (tertiary/aromatic N) is 1. The summed E-state index contributed by atoms with van der Waals surface area (Å²) in [5.74, 6) is -0.228. The molecule has 1 unspecified atom stereocenters. The van der Waals surface area contributed by atoms with Gasteiger partial charge in [0, 0.05) is 19.4 Å². The van der Waals surface area contributed by atoms with E-state index in [0.717, 1.165) is 0 Å².